The predicted octanol–water partition coefficient (Wildman–Crippen LogP) is 2.72. The van der Waals surface area contributed by atoms with Gasteiger partial charge in [0.2, 0.25) is 10.0 Å². The molecule has 0 radical (unpaired) electrons. The Morgan fingerprint density at radius 2 is 2.03 bits per heavy atom. The summed E-state index contributed by atoms with van der Waals surface area (Å²) in [4.78, 5) is 6.66. The lowest BCUT2D eigenvalue weighted by Crippen LogP contribution is -2.48. The summed E-state index contributed by atoms with van der Waals surface area (Å²) in [6.07, 6.45) is -0.0198. The van der Waals surface area contributed by atoms with E-state index in [0.717, 1.165) is 18.1 Å². The van der Waals surface area contributed by atoms with E-state index < -0.39 is 10.0 Å². The number of hydrogen-bond acceptors (Lipinski definition) is 4. The fourth-order valence-corrected chi connectivity index (χ4v) is 4.15. The Bertz CT molecular complexity index is 1010. The number of aryl methyl sites for hydroxylation is 2. The molecule has 0 saturated carbocycles. The average Bonchev–Trinajstić information content (AvgIpc) is 2.68. The summed E-state index contributed by atoms with van der Waals surface area (Å²) >= 11 is 0. The molecule has 1 fully saturated rings. The van der Waals surface area contributed by atoms with Crippen LogP contribution in [0.1, 0.15) is 28.4 Å². The fourth-order valence-electron chi connectivity index (χ4n) is 3.56. The average molecular weight is 544 g/mol. The largest absolute Gasteiger partial charge is 0.370 e. The second-order valence-electron chi connectivity index (χ2n) is 7.26. The van der Waals surface area contributed by atoms with Gasteiger partial charge in [-0.05, 0) is 42.7 Å². The number of nitrogens with one attached hydrogen (secondary N) is 1. The number of ether oxygens (including phenoxy) is 1. The second kappa shape index (κ2) is 10.6. The predicted molar refractivity (Wildman–Crippen MR) is 130 cm³/mol. The standard InChI is InChI=1S/C21H28N4O3S.HI/c1-15-7-8-19(16(2)11-15)20-14-25(9-10-28-20)21(23-3)24-13-17-5-4-6-18(12-17)29(22,26)27;/h4-8,11-12,20H,9-10,13-14H2,1-3H3,(H,23,24)(H2,22,26,27);1H. The zero-order valence-electron chi connectivity index (χ0n) is 17.5. The highest BCUT2D eigenvalue weighted by molar-refractivity contribution is 14.0. The number of sulfonamides is 1. The van der Waals surface area contributed by atoms with E-state index in [1.54, 1.807) is 19.2 Å². The third-order valence-electron chi connectivity index (χ3n) is 5.03. The molecule has 1 saturated heterocycles. The van der Waals surface area contributed by atoms with Gasteiger partial charge in [0.15, 0.2) is 5.96 Å². The number of morpholine rings is 1. The first kappa shape index (κ1) is 24.6. The zero-order chi connectivity index (χ0) is 21.0. The van der Waals surface area contributed by atoms with E-state index in [0.29, 0.717) is 19.7 Å². The molecule has 3 N–H and O–H groups in total. The van der Waals surface area contributed by atoms with Gasteiger partial charge in [-0.2, -0.15) is 0 Å². The summed E-state index contributed by atoms with van der Waals surface area (Å²) in [6, 6.07) is 13.0. The quantitative estimate of drug-likeness (QED) is 0.351. The third kappa shape index (κ3) is 6.16. The molecular weight excluding hydrogens is 515 g/mol. The normalized spacial score (nSPS) is 17.4. The maximum Gasteiger partial charge on any atom is 0.238 e. The van der Waals surface area contributed by atoms with Crippen LogP contribution in [0.5, 0.6) is 0 Å². The lowest BCUT2D eigenvalue weighted by atomic mass is 10.00. The van der Waals surface area contributed by atoms with Gasteiger partial charge in [0.25, 0.3) is 0 Å². The lowest BCUT2D eigenvalue weighted by molar-refractivity contribution is -0.00834. The van der Waals surface area contributed by atoms with E-state index in [2.05, 4.69) is 47.3 Å². The topological polar surface area (TPSA) is 97.0 Å². The third-order valence-corrected chi connectivity index (χ3v) is 5.94. The van der Waals surface area contributed by atoms with E-state index in [4.69, 9.17) is 9.88 Å². The zero-order valence-corrected chi connectivity index (χ0v) is 20.6. The number of aliphatic imine (C=N–C) groups is 1. The Hall–Kier alpha value is -1.69. The molecule has 1 aliphatic heterocycles. The molecule has 0 amide bonds. The Kier molecular flexibility index (Phi) is 8.65. The molecule has 30 heavy (non-hydrogen) atoms. The molecule has 2 aromatic carbocycles. The van der Waals surface area contributed by atoms with E-state index in [1.165, 1.54) is 22.8 Å². The van der Waals surface area contributed by atoms with Crippen LogP contribution in [0.4, 0.5) is 0 Å². The van der Waals surface area contributed by atoms with Gasteiger partial charge in [-0.1, -0.05) is 35.9 Å². The monoisotopic (exact) mass is 544 g/mol. The van der Waals surface area contributed by atoms with Crippen LogP contribution in [-0.2, 0) is 21.3 Å². The van der Waals surface area contributed by atoms with Crippen molar-refractivity contribution in [2.45, 2.75) is 31.4 Å². The molecular formula is C21H29IN4O3S. The molecule has 0 aromatic heterocycles. The number of guanidine groups is 1. The maximum atomic E-state index is 11.6. The van der Waals surface area contributed by atoms with Gasteiger partial charge in [0, 0.05) is 20.1 Å². The molecule has 7 nitrogen and oxygen atoms in total. The minimum absolute atomic E-state index is 0. The van der Waals surface area contributed by atoms with Crippen LogP contribution in [0.15, 0.2) is 52.4 Å². The molecule has 0 bridgehead atoms. The summed E-state index contributed by atoms with van der Waals surface area (Å²) in [5.74, 6) is 0.754. The van der Waals surface area contributed by atoms with Crippen molar-refractivity contribution in [1.82, 2.24) is 10.2 Å². The summed E-state index contributed by atoms with van der Waals surface area (Å²) < 4.78 is 29.1. The first-order valence-electron chi connectivity index (χ1n) is 9.54. The molecule has 1 aliphatic rings. The van der Waals surface area contributed by atoms with Crippen LogP contribution in [0.25, 0.3) is 0 Å². The van der Waals surface area contributed by atoms with Gasteiger partial charge in [0.1, 0.15) is 6.10 Å². The van der Waals surface area contributed by atoms with Crippen molar-refractivity contribution in [1.29, 1.82) is 0 Å². The number of halogens is 1. The van der Waals surface area contributed by atoms with E-state index >= 15 is 0 Å². The van der Waals surface area contributed by atoms with E-state index in [9.17, 15) is 8.42 Å². The van der Waals surface area contributed by atoms with Gasteiger partial charge < -0.3 is 15.0 Å². The van der Waals surface area contributed by atoms with Gasteiger partial charge in [-0.3, -0.25) is 4.99 Å². The van der Waals surface area contributed by atoms with Gasteiger partial charge in [-0.15, -0.1) is 24.0 Å². The summed E-state index contributed by atoms with van der Waals surface area (Å²) in [5, 5.41) is 8.54. The number of rotatable bonds is 4. The van der Waals surface area contributed by atoms with Crippen molar-refractivity contribution in [2.75, 3.05) is 26.7 Å². The summed E-state index contributed by atoms with van der Waals surface area (Å²) in [7, 11) is -1.98. The summed E-state index contributed by atoms with van der Waals surface area (Å²) in [6.45, 7) is 6.68. The van der Waals surface area contributed by atoms with Crippen molar-refractivity contribution >= 4 is 40.0 Å². The molecule has 164 valence electrons. The van der Waals surface area contributed by atoms with Crippen LogP contribution < -0.4 is 10.5 Å². The van der Waals surface area contributed by atoms with Crippen molar-refractivity contribution in [2.24, 2.45) is 10.1 Å². The first-order valence-corrected chi connectivity index (χ1v) is 11.1. The minimum Gasteiger partial charge on any atom is -0.370 e. The molecule has 1 atom stereocenters. The van der Waals surface area contributed by atoms with Crippen LogP contribution >= 0.6 is 24.0 Å². The molecule has 0 spiro atoms. The molecule has 3 rings (SSSR count). The number of nitrogens with two attached hydrogens (primary N) is 1. The molecule has 0 aliphatic carbocycles. The Balaban J connectivity index is 0.00000320. The van der Waals surface area contributed by atoms with Crippen LogP contribution in [0.2, 0.25) is 0 Å². The van der Waals surface area contributed by atoms with Crippen molar-refractivity contribution in [3.05, 3.63) is 64.7 Å². The molecule has 9 heteroatoms. The van der Waals surface area contributed by atoms with Gasteiger partial charge >= 0.3 is 0 Å². The number of hydrogen-bond donors (Lipinski definition) is 2. The Morgan fingerprint density at radius 1 is 1.27 bits per heavy atom. The maximum absolute atomic E-state index is 11.6. The first-order chi connectivity index (χ1) is 13.8. The van der Waals surface area contributed by atoms with Crippen molar-refractivity contribution < 1.29 is 13.2 Å². The van der Waals surface area contributed by atoms with Crippen molar-refractivity contribution in [3.8, 4) is 0 Å². The Labute approximate surface area is 195 Å². The summed E-state index contributed by atoms with van der Waals surface area (Å²) in [5.41, 5.74) is 4.46. The fraction of sp³-hybridized carbons (Fsp3) is 0.381. The van der Waals surface area contributed by atoms with Crippen LogP contribution in [0, 0.1) is 13.8 Å². The van der Waals surface area contributed by atoms with Gasteiger partial charge in [0.05, 0.1) is 18.0 Å². The lowest BCUT2D eigenvalue weighted by Gasteiger charge is -2.36. The van der Waals surface area contributed by atoms with E-state index in [-0.39, 0.29) is 35.0 Å². The number of benzene rings is 2. The number of primary sulfonamides is 1. The smallest absolute Gasteiger partial charge is 0.238 e. The van der Waals surface area contributed by atoms with Crippen LogP contribution in [0.3, 0.4) is 0 Å². The number of nitrogens with zero attached hydrogens (tertiary/aromatic N) is 2. The highest BCUT2D eigenvalue weighted by Crippen LogP contribution is 2.26. The van der Waals surface area contributed by atoms with Gasteiger partial charge in [-0.25, -0.2) is 13.6 Å². The molecule has 2 aromatic rings. The van der Waals surface area contributed by atoms with Crippen LogP contribution in [-0.4, -0.2) is 46.0 Å². The highest BCUT2D eigenvalue weighted by Gasteiger charge is 2.25. The second-order valence-corrected chi connectivity index (χ2v) is 8.82. The van der Waals surface area contributed by atoms with E-state index in [1.807, 2.05) is 6.07 Å². The Morgan fingerprint density at radius 3 is 2.70 bits per heavy atom. The SMILES string of the molecule is CN=C(NCc1cccc(S(N)(=O)=O)c1)N1CCOC(c2ccc(C)cc2C)C1.I. The minimum atomic E-state index is -3.72. The van der Waals surface area contributed by atoms with Crippen molar-refractivity contribution in [3.63, 3.8) is 0 Å². The highest BCUT2D eigenvalue weighted by atomic mass is 127. The molecule has 1 heterocycles. The molecule has 1 unspecified atom stereocenters.